The molecule has 110 valence electrons. The van der Waals surface area contributed by atoms with E-state index in [2.05, 4.69) is 15.9 Å². The summed E-state index contributed by atoms with van der Waals surface area (Å²) in [4.78, 5) is 12.0. The highest BCUT2D eigenvalue weighted by atomic mass is 79.9. The molecule has 0 amide bonds. The molecular weight excluding hydrogens is 332 g/mol. The second kappa shape index (κ2) is 7.38. The second-order valence-corrected chi connectivity index (χ2v) is 5.55. The zero-order valence-corrected chi connectivity index (χ0v) is 13.5. The Morgan fingerprint density at radius 1 is 1.00 bits per heavy atom. The number of halogens is 1. The molecule has 0 radical (unpaired) electrons. The standard InChI is InChI=1S/C17H17BrO3/c1-20-14-10-8-13(9-11-14)17(21-2)15(18)16(19)12-6-4-3-5-7-12/h3-11,15,17H,1-2H3/t15-,17-/m1/s1. The van der Waals surface area contributed by atoms with E-state index in [1.165, 1.54) is 0 Å². The summed E-state index contributed by atoms with van der Waals surface area (Å²) < 4.78 is 10.6. The van der Waals surface area contributed by atoms with Crippen LogP contribution in [0.15, 0.2) is 54.6 Å². The molecule has 0 aliphatic carbocycles. The van der Waals surface area contributed by atoms with Crippen LogP contribution in [0.5, 0.6) is 5.75 Å². The van der Waals surface area contributed by atoms with Crippen LogP contribution in [0.1, 0.15) is 22.0 Å². The number of carbonyl (C=O) groups is 1. The molecule has 4 heteroatoms. The fraction of sp³-hybridized carbons (Fsp3) is 0.235. The van der Waals surface area contributed by atoms with Gasteiger partial charge in [0, 0.05) is 12.7 Å². The van der Waals surface area contributed by atoms with Gasteiger partial charge in [-0.3, -0.25) is 4.79 Å². The monoisotopic (exact) mass is 348 g/mol. The number of ketones is 1. The maximum absolute atomic E-state index is 12.5. The van der Waals surface area contributed by atoms with Crippen molar-refractivity contribution in [3.8, 4) is 5.75 Å². The summed E-state index contributed by atoms with van der Waals surface area (Å²) in [5.41, 5.74) is 1.58. The van der Waals surface area contributed by atoms with Crippen molar-refractivity contribution >= 4 is 21.7 Å². The zero-order valence-electron chi connectivity index (χ0n) is 12.0. The lowest BCUT2D eigenvalue weighted by atomic mass is 10.00. The molecule has 2 aromatic carbocycles. The van der Waals surface area contributed by atoms with Gasteiger partial charge in [0.2, 0.25) is 0 Å². The minimum absolute atomic E-state index is 0.00160. The Hall–Kier alpha value is -1.65. The smallest absolute Gasteiger partial charge is 0.179 e. The van der Waals surface area contributed by atoms with Crippen molar-refractivity contribution in [2.75, 3.05) is 14.2 Å². The molecule has 2 aromatic rings. The van der Waals surface area contributed by atoms with Crippen molar-refractivity contribution in [1.29, 1.82) is 0 Å². The fourth-order valence-corrected chi connectivity index (χ4v) is 2.90. The number of methoxy groups -OCH3 is 2. The van der Waals surface area contributed by atoms with Gasteiger partial charge in [-0.25, -0.2) is 0 Å². The van der Waals surface area contributed by atoms with Crippen LogP contribution in [-0.2, 0) is 4.74 Å². The lowest BCUT2D eigenvalue weighted by Gasteiger charge is -2.21. The molecule has 0 aliphatic heterocycles. The lowest BCUT2D eigenvalue weighted by molar-refractivity contribution is 0.0770. The predicted octanol–water partition coefficient (Wildman–Crippen LogP) is 4.03. The Labute approximate surface area is 133 Å². The molecule has 0 heterocycles. The van der Waals surface area contributed by atoms with Gasteiger partial charge >= 0.3 is 0 Å². The third-order valence-electron chi connectivity index (χ3n) is 3.27. The fourth-order valence-electron chi connectivity index (χ4n) is 2.12. The third-order valence-corrected chi connectivity index (χ3v) is 4.17. The normalized spacial score (nSPS) is 13.5. The minimum Gasteiger partial charge on any atom is -0.497 e. The largest absolute Gasteiger partial charge is 0.497 e. The highest BCUT2D eigenvalue weighted by Gasteiger charge is 2.28. The van der Waals surface area contributed by atoms with Crippen molar-refractivity contribution in [1.82, 2.24) is 0 Å². The van der Waals surface area contributed by atoms with Crippen molar-refractivity contribution in [2.45, 2.75) is 10.9 Å². The highest BCUT2D eigenvalue weighted by molar-refractivity contribution is 9.10. The van der Waals surface area contributed by atoms with E-state index < -0.39 is 4.83 Å². The third kappa shape index (κ3) is 3.71. The minimum atomic E-state index is -0.446. The molecule has 0 fully saturated rings. The van der Waals surface area contributed by atoms with Gasteiger partial charge in [-0.15, -0.1) is 0 Å². The number of hydrogen-bond donors (Lipinski definition) is 0. The van der Waals surface area contributed by atoms with Crippen LogP contribution in [0, 0.1) is 0 Å². The van der Waals surface area contributed by atoms with E-state index in [-0.39, 0.29) is 11.9 Å². The van der Waals surface area contributed by atoms with Gasteiger partial charge in [0.05, 0.1) is 7.11 Å². The van der Waals surface area contributed by atoms with Gasteiger partial charge in [0.15, 0.2) is 5.78 Å². The van der Waals surface area contributed by atoms with Crippen LogP contribution in [0.25, 0.3) is 0 Å². The summed E-state index contributed by atoms with van der Waals surface area (Å²) >= 11 is 3.47. The zero-order chi connectivity index (χ0) is 15.2. The highest BCUT2D eigenvalue weighted by Crippen LogP contribution is 2.29. The van der Waals surface area contributed by atoms with Gasteiger partial charge < -0.3 is 9.47 Å². The molecule has 0 saturated carbocycles. The van der Waals surface area contributed by atoms with Crippen molar-refractivity contribution in [2.24, 2.45) is 0 Å². The number of alkyl halides is 1. The van der Waals surface area contributed by atoms with Gasteiger partial charge in [0.1, 0.15) is 16.7 Å². The second-order valence-electron chi connectivity index (χ2n) is 4.56. The molecule has 0 unspecified atom stereocenters. The van der Waals surface area contributed by atoms with Gasteiger partial charge in [-0.2, -0.15) is 0 Å². The quantitative estimate of drug-likeness (QED) is 0.584. The molecular formula is C17H17BrO3. The SMILES string of the molecule is COc1ccc([C@@H](OC)[C@H](Br)C(=O)c2ccccc2)cc1. The molecule has 0 aliphatic rings. The van der Waals surface area contributed by atoms with Crippen molar-refractivity contribution < 1.29 is 14.3 Å². The number of hydrogen-bond acceptors (Lipinski definition) is 3. The number of ether oxygens (including phenoxy) is 2. The molecule has 0 N–H and O–H groups in total. The van der Waals surface area contributed by atoms with Crippen molar-refractivity contribution in [3.05, 3.63) is 65.7 Å². The number of carbonyl (C=O) groups excluding carboxylic acids is 1. The lowest BCUT2D eigenvalue weighted by Crippen LogP contribution is -2.24. The summed E-state index contributed by atoms with van der Waals surface area (Å²) in [6.45, 7) is 0. The van der Waals surface area contributed by atoms with Crippen LogP contribution >= 0.6 is 15.9 Å². The van der Waals surface area contributed by atoms with Gasteiger partial charge in [-0.1, -0.05) is 58.4 Å². The average Bonchev–Trinajstić information content (AvgIpc) is 2.56. The maximum atomic E-state index is 12.5. The predicted molar refractivity (Wildman–Crippen MR) is 86.2 cm³/mol. The first-order chi connectivity index (χ1) is 10.2. The van der Waals surface area contributed by atoms with Gasteiger partial charge in [-0.05, 0) is 17.7 Å². The average molecular weight is 349 g/mol. The number of Topliss-reactive ketones (excluding diaryl/α,β-unsaturated/α-hetero) is 1. The van der Waals surface area contributed by atoms with E-state index in [0.29, 0.717) is 5.56 Å². The van der Waals surface area contributed by atoms with Crippen LogP contribution in [0.2, 0.25) is 0 Å². The van der Waals surface area contributed by atoms with E-state index in [1.807, 2.05) is 42.5 Å². The molecule has 0 aromatic heterocycles. The Morgan fingerprint density at radius 2 is 1.62 bits per heavy atom. The summed E-state index contributed by atoms with van der Waals surface area (Å²) in [6.07, 6.45) is -0.358. The maximum Gasteiger partial charge on any atom is 0.179 e. The molecule has 2 atom stereocenters. The van der Waals surface area contributed by atoms with E-state index in [4.69, 9.17) is 9.47 Å². The van der Waals surface area contributed by atoms with Crippen LogP contribution in [-0.4, -0.2) is 24.8 Å². The van der Waals surface area contributed by atoms with E-state index in [0.717, 1.165) is 11.3 Å². The molecule has 0 saturated heterocycles. The molecule has 2 rings (SSSR count). The van der Waals surface area contributed by atoms with Crippen LogP contribution in [0.4, 0.5) is 0 Å². The van der Waals surface area contributed by atoms with E-state index in [1.54, 1.807) is 26.4 Å². The van der Waals surface area contributed by atoms with Crippen LogP contribution < -0.4 is 4.74 Å². The van der Waals surface area contributed by atoms with E-state index >= 15 is 0 Å². The molecule has 0 spiro atoms. The van der Waals surface area contributed by atoms with Gasteiger partial charge in [0.25, 0.3) is 0 Å². The number of rotatable bonds is 6. The first kappa shape index (κ1) is 15.7. The van der Waals surface area contributed by atoms with Crippen molar-refractivity contribution in [3.63, 3.8) is 0 Å². The summed E-state index contributed by atoms with van der Waals surface area (Å²) in [6, 6.07) is 16.7. The topological polar surface area (TPSA) is 35.5 Å². The Bertz CT molecular complexity index is 581. The van der Waals surface area contributed by atoms with Crippen LogP contribution in [0.3, 0.4) is 0 Å². The molecule has 3 nitrogen and oxygen atoms in total. The Kier molecular flexibility index (Phi) is 5.53. The first-order valence-electron chi connectivity index (χ1n) is 6.57. The Balaban J connectivity index is 2.21. The summed E-state index contributed by atoms with van der Waals surface area (Å²) in [5, 5.41) is 0. The first-order valence-corrected chi connectivity index (χ1v) is 7.49. The summed E-state index contributed by atoms with van der Waals surface area (Å²) in [7, 11) is 3.22. The Morgan fingerprint density at radius 3 is 2.14 bits per heavy atom. The molecule has 0 bridgehead atoms. The summed E-state index contributed by atoms with van der Waals surface area (Å²) in [5.74, 6) is 0.771. The molecule has 21 heavy (non-hydrogen) atoms. The van der Waals surface area contributed by atoms with E-state index in [9.17, 15) is 4.79 Å². The number of benzene rings is 2.